The van der Waals surface area contributed by atoms with Crippen LogP contribution >= 0.6 is 0 Å². The molecule has 2 aromatic heterocycles. The van der Waals surface area contributed by atoms with E-state index in [1.807, 2.05) is 49.6 Å². The van der Waals surface area contributed by atoms with Gasteiger partial charge >= 0.3 is 0 Å². The van der Waals surface area contributed by atoms with Crippen molar-refractivity contribution < 1.29 is 19.1 Å². The first-order chi connectivity index (χ1) is 19.8. The number of benzene rings is 1. The number of carbonyl (C=O) groups excluding carboxylic acids is 3. The Labute approximate surface area is 242 Å². The molecule has 1 aliphatic heterocycles. The second-order valence-electron chi connectivity index (χ2n) is 11.2. The lowest BCUT2D eigenvalue weighted by molar-refractivity contribution is -0.129. The predicted octanol–water partition coefficient (Wildman–Crippen LogP) is 4.23. The molecule has 1 aliphatic rings. The summed E-state index contributed by atoms with van der Waals surface area (Å²) in [5.41, 5.74) is 4.01. The molecule has 1 fully saturated rings. The molecule has 0 spiro atoms. The number of hydrogen-bond donors (Lipinski definition) is 3. The minimum atomic E-state index is -0.616. The summed E-state index contributed by atoms with van der Waals surface area (Å²) in [7, 11) is 1.62. The van der Waals surface area contributed by atoms with E-state index >= 15 is 0 Å². The number of aromatic nitrogens is 2. The van der Waals surface area contributed by atoms with Crippen LogP contribution in [0.1, 0.15) is 68.7 Å². The van der Waals surface area contributed by atoms with Crippen LogP contribution in [0.3, 0.4) is 0 Å². The fourth-order valence-electron chi connectivity index (χ4n) is 5.57. The van der Waals surface area contributed by atoms with E-state index in [0.29, 0.717) is 12.8 Å². The van der Waals surface area contributed by atoms with E-state index in [-0.39, 0.29) is 30.1 Å². The van der Waals surface area contributed by atoms with Gasteiger partial charge in [-0.2, -0.15) is 0 Å². The number of nitrogens with one attached hydrogen (secondary N) is 3. The van der Waals surface area contributed by atoms with E-state index < -0.39 is 6.04 Å². The van der Waals surface area contributed by atoms with Gasteiger partial charge in [-0.25, -0.2) is 0 Å². The molecule has 1 aromatic carbocycles. The SMILES string of the molecule is COc1ccc2[nH]c(C)c(CC(=O)NC(CCCCCC(C)=O)C(=O)NC3CCN(Cc4ccncc4)CC3)c2c1. The van der Waals surface area contributed by atoms with E-state index in [0.717, 1.165) is 79.6 Å². The molecule has 1 saturated heterocycles. The van der Waals surface area contributed by atoms with Crippen LogP contribution in [0, 0.1) is 6.92 Å². The molecule has 3 heterocycles. The summed E-state index contributed by atoms with van der Waals surface area (Å²) in [6.45, 7) is 6.23. The number of aryl methyl sites for hydroxylation is 1. The number of unbranched alkanes of at least 4 members (excludes halogenated alkanes) is 2. The van der Waals surface area contributed by atoms with Gasteiger partial charge in [0.15, 0.2) is 0 Å². The minimum absolute atomic E-state index is 0.0802. The van der Waals surface area contributed by atoms with Gasteiger partial charge in [-0.05, 0) is 81.0 Å². The van der Waals surface area contributed by atoms with Gasteiger partial charge in [-0.1, -0.05) is 12.8 Å². The highest BCUT2D eigenvalue weighted by Crippen LogP contribution is 2.27. The fraction of sp³-hybridized carbons (Fsp3) is 0.500. The van der Waals surface area contributed by atoms with Crippen LogP contribution < -0.4 is 15.4 Å². The number of rotatable bonds is 14. The monoisotopic (exact) mass is 561 g/mol. The van der Waals surface area contributed by atoms with Crippen molar-refractivity contribution in [1.29, 1.82) is 0 Å². The molecular weight excluding hydrogens is 518 g/mol. The highest BCUT2D eigenvalue weighted by atomic mass is 16.5. The summed E-state index contributed by atoms with van der Waals surface area (Å²) >= 11 is 0. The van der Waals surface area contributed by atoms with Crippen molar-refractivity contribution in [2.24, 2.45) is 0 Å². The smallest absolute Gasteiger partial charge is 0.242 e. The second kappa shape index (κ2) is 14.8. The van der Waals surface area contributed by atoms with Crippen molar-refractivity contribution in [3.63, 3.8) is 0 Å². The molecule has 3 aromatic rings. The summed E-state index contributed by atoms with van der Waals surface area (Å²) < 4.78 is 5.38. The summed E-state index contributed by atoms with van der Waals surface area (Å²) in [4.78, 5) is 47.8. The standard InChI is InChI=1S/C32H43N5O4/c1-22(38)7-5-4-6-8-30(32(40)35-25-13-17-37(18-14-25)21-24-11-15-33-16-12-24)36-31(39)20-27-23(2)34-29-10-9-26(41-3)19-28(27)29/h9-12,15-16,19,25,30,34H,4-8,13-14,17-18,20-21H2,1-3H3,(H,35,40)(H,36,39). The zero-order chi connectivity index (χ0) is 29.2. The molecule has 2 amide bonds. The van der Waals surface area contributed by atoms with Crippen LogP contribution in [0.25, 0.3) is 10.9 Å². The van der Waals surface area contributed by atoms with Crippen molar-refractivity contribution in [3.8, 4) is 5.75 Å². The molecule has 0 radical (unpaired) electrons. The number of pyridine rings is 1. The number of H-pyrrole nitrogens is 1. The van der Waals surface area contributed by atoms with Gasteiger partial charge in [0.2, 0.25) is 11.8 Å². The number of hydrogen-bond acceptors (Lipinski definition) is 6. The van der Waals surface area contributed by atoms with E-state index in [1.165, 1.54) is 5.56 Å². The lowest BCUT2D eigenvalue weighted by Crippen LogP contribution is -2.52. The Bertz CT molecular complexity index is 1310. The van der Waals surface area contributed by atoms with E-state index in [9.17, 15) is 14.4 Å². The Morgan fingerprint density at radius 3 is 2.56 bits per heavy atom. The lowest BCUT2D eigenvalue weighted by Gasteiger charge is -2.33. The third-order valence-electron chi connectivity index (χ3n) is 7.93. The zero-order valence-electron chi connectivity index (χ0n) is 24.5. The number of aromatic amines is 1. The van der Waals surface area contributed by atoms with Crippen LogP contribution in [0.15, 0.2) is 42.7 Å². The van der Waals surface area contributed by atoms with Crippen LogP contribution in [-0.2, 0) is 27.3 Å². The van der Waals surface area contributed by atoms with Crippen molar-refractivity contribution in [3.05, 3.63) is 59.5 Å². The van der Waals surface area contributed by atoms with Gasteiger partial charge < -0.3 is 25.1 Å². The average Bonchev–Trinajstić information content (AvgIpc) is 3.27. The third kappa shape index (κ3) is 8.88. The Balaban J connectivity index is 1.35. The Kier molecular flexibility index (Phi) is 10.9. The normalized spacial score (nSPS) is 15.0. The van der Waals surface area contributed by atoms with Gasteiger partial charge in [0, 0.05) is 61.1 Å². The number of ether oxygens (including phenoxy) is 1. The Morgan fingerprint density at radius 2 is 1.85 bits per heavy atom. The second-order valence-corrected chi connectivity index (χ2v) is 11.2. The summed E-state index contributed by atoms with van der Waals surface area (Å²) in [5.74, 6) is 0.587. The number of likely N-dealkylation sites (tertiary alicyclic amines) is 1. The number of fused-ring (bicyclic) bond motifs is 1. The maximum Gasteiger partial charge on any atom is 0.242 e. The summed E-state index contributed by atoms with van der Waals surface area (Å²) in [6.07, 6.45) is 9.01. The summed E-state index contributed by atoms with van der Waals surface area (Å²) in [5, 5.41) is 7.19. The highest BCUT2D eigenvalue weighted by Gasteiger charge is 2.26. The first-order valence-electron chi connectivity index (χ1n) is 14.7. The van der Waals surface area contributed by atoms with Crippen LogP contribution in [0.4, 0.5) is 0 Å². The van der Waals surface area contributed by atoms with Crippen molar-refractivity contribution in [2.45, 2.75) is 83.8 Å². The number of nitrogens with zero attached hydrogens (tertiary/aromatic N) is 2. The molecule has 0 aliphatic carbocycles. The number of carbonyl (C=O) groups is 3. The van der Waals surface area contributed by atoms with Gasteiger partial charge in [0.25, 0.3) is 0 Å². The maximum absolute atomic E-state index is 13.4. The molecule has 4 rings (SSSR count). The number of piperidine rings is 1. The average molecular weight is 562 g/mol. The molecule has 0 saturated carbocycles. The molecule has 9 heteroatoms. The minimum Gasteiger partial charge on any atom is -0.497 e. The first-order valence-corrected chi connectivity index (χ1v) is 14.7. The van der Waals surface area contributed by atoms with Crippen LogP contribution in [0.2, 0.25) is 0 Å². The molecule has 1 atom stereocenters. The number of amides is 2. The number of methoxy groups -OCH3 is 1. The fourth-order valence-corrected chi connectivity index (χ4v) is 5.57. The quantitative estimate of drug-likeness (QED) is 0.254. The van der Waals surface area contributed by atoms with Crippen molar-refractivity contribution in [2.75, 3.05) is 20.2 Å². The van der Waals surface area contributed by atoms with Crippen LogP contribution in [0.5, 0.6) is 5.75 Å². The van der Waals surface area contributed by atoms with E-state index in [2.05, 4.69) is 25.5 Å². The molecule has 41 heavy (non-hydrogen) atoms. The maximum atomic E-state index is 13.4. The van der Waals surface area contributed by atoms with Gasteiger partial charge in [0.1, 0.15) is 17.6 Å². The van der Waals surface area contributed by atoms with Crippen LogP contribution in [-0.4, -0.2) is 64.7 Å². The van der Waals surface area contributed by atoms with Crippen molar-refractivity contribution >= 4 is 28.5 Å². The van der Waals surface area contributed by atoms with Crippen molar-refractivity contribution in [1.82, 2.24) is 25.5 Å². The molecule has 1 unspecified atom stereocenters. The Morgan fingerprint density at radius 1 is 1.10 bits per heavy atom. The lowest BCUT2D eigenvalue weighted by atomic mass is 10.0. The molecule has 0 bridgehead atoms. The number of Topliss-reactive ketones (excluding diaryl/α,β-unsaturated/α-hetero) is 1. The van der Waals surface area contributed by atoms with Gasteiger partial charge in [-0.15, -0.1) is 0 Å². The molecule has 9 nitrogen and oxygen atoms in total. The number of ketones is 1. The third-order valence-corrected chi connectivity index (χ3v) is 7.93. The first kappa shape index (κ1) is 30.2. The zero-order valence-corrected chi connectivity index (χ0v) is 24.5. The Hall–Kier alpha value is -3.72. The molecular formula is C32H43N5O4. The van der Waals surface area contributed by atoms with Gasteiger partial charge in [-0.3, -0.25) is 19.5 Å². The highest BCUT2D eigenvalue weighted by molar-refractivity contribution is 5.93. The predicted molar refractivity (Wildman–Crippen MR) is 160 cm³/mol. The summed E-state index contributed by atoms with van der Waals surface area (Å²) in [6, 6.07) is 9.30. The van der Waals surface area contributed by atoms with E-state index in [4.69, 9.17) is 4.74 Å². The van der Waals surface area contributed by atoms with E-state index in [1.54, 1.807) is 14.0 Å². The topological polar surface area (TPSA) is 116 Å². The van der Waals surface area contributed by atoms with Gasteiger partial charge in [0.05, 0.1) is 13.5 Å². The largest absolute Gasteiger partial charge is 0.497 e. The molecule has 3 N–H and O–H groups in total. The molecule has 220 valence electrons.